The van der Waals surface area contributed by atoms with Gasteiger partial charge in [0.1, 0.15) is 5.82 Å². The number of nitrogens with one attached hydrogen (secondary N) is 2. The van der Waals surface area contributed by atoms with Crippen LogP contribution in [0.3, 0.4) is 0 Å². The van der Waals surface area contributed by atoms with Crippen LogP contribution in [0.15, 0.2) is 42.6 Å². The lowest BCUT2D eigenvalue weighted by molar-refractivity contribution is -0.138. The van der Waals surface area contributed by atoms with Crippen LogP contribution in [-0.4, -0.2) is 62.8 Å². The average molecular weight is 545 g/mol. The predicted molar refractivity (Wildman–Crippen MR) is 155 cm³/mol. The number of pyridine rings is 1. The number of hydrogen-bond donors (Lipinski definition) is 3. The summed E-state index contributed by atoms with van der Waals surface area (Å²) in [4.78, 5) is 32.3. The number of hydrogen-bond acceptors (Lipinski definition) is 6. The van der Waals surface area contributed by atoms with Crippen LogP contribution in [0.1, 0.15) is 60.5 Å². The molecule has 212 valence electrons. The number of benzene rings is 1. The highest BCUT2D eigenvalue weighted by Gasteiger charge is 2.28. The zero-order valence-electron chi connectivity index (χ0n) is 23.5. The molecule has 3 aromatic rings. The molecule has 0 aliphatic carbocycles. The van der Waals surface area contributed by atoms with Gasteiger partial charge in [0.2, 0.25) is 5.91 Å². The van der Waals surface area contributed by atoms with E-state index in [1.807, 2.05) is 49.1 Å². The van der Waals surface area contributed by atoms with Gasteiger partial charge < -0.3 is 20.6 Å². The molecule has 2 aliphatic heterocycles. The van der Waals surface area contributed by atoms with Crippen LogP contribution < -0.4 is 10.6 Å². The number of amides is 1. The minimum absolute atomic E-state index is 0.0690. The number of carboxylic acids is 1. The maximum atomic E-state index is 13.4. The summed E-state index contributed by atoms with van der Waals surface area (Å²) in [7, 11) is 1.89. The summed E-state index contributed by atoms with van der Waals surface area (Å²) in [6.45, 7) is 5.58. The molecule has 2 aliphatic rings. The largest absolute Gasteiger partial charge is 0.481 e. The van der Waals surface area contributed by atoms with Crippen molar-refractivity contribution < 1.29 is 14.7 Å². The first-order valence-electron chi connectivity index (χ1n) is 14.4. The third kappa shape index (κ3) is 6.70. The van der Waals surface area contributed by atoms with Crippen LogP contribution in [0.4, 0.5) is 5.82 Å². The van der Waals surface area contributed by atoms with Crippen LogP contribution in [0.25, 0.3) is 11.3 Å². The van der Waals surface area contributed by atoms with E-state index in [4.69, 9.17) is 4.98 Å². The number of carbonyl (C=O) groups excluding carboxylic acids is 1. The lowest BCUT2D eigenvalue weighted by Gasteiger charge is -2.33. The average Bonchev–Trinajstić information content (AvgIpc) is 3.30. The lowest BCUT2D eigenvalue weighted by Crippen LogP contribution is -2.44. The zero-order chi connectivity index (χ0) is 28.1. The van der Waals surface area contributed by atoms with E-state index in [0.717, 1.165) is 92.1 Å². The molecule has 4 heterocycles. The van der Waals surface area contributed by atoms with Gasteiger partial charge in [-0.15, -0.1) is 0 Å². The normalized spacial score (nSPS) is 18.0. The molecule has 1 saturated heterocycles. The molecular weight excluding hydrogens is 504 g/mol. The molecular formula is C31H40N6O3. The molecule has 1 fully saturated rings. The Kier molecular flexibility index (Phi) is 8.79. The molecule has 9 nitrogen and oxygen atoms in total. The topological polar surface area (TPSA) is 112 Å². The molecule has 3 N–H and O–H groups in total. The van der Waals surface area contributed by atoms with Crippen LogP contribution in [0.2, 0.25) is 0 Å². The molecule has 2 aromatic heterocycles. The number of nitrogens with zero attached hydrogens (tertiary/aromatic N) is 4. The van der Waals surface area contributed by atoms with Gasteiger partial charge in [-0.3, -0.25) is 14.3 Å². The van der Waals surface area contributed by atoms with E-state index in [1.54, 1.807) is 0 Å². The highest BCUT2D eigenvalue weighted by molar-refractivity contribution is 5.80. The second-order valence-electron chi connectivity index (χ2n) is 11.2. The Morgan fingerprint density at radius 1 is 1.23 bits per heavy atom. The summed E-state index contributed by atoms with van der Waals surface area (Å²) in [5, 5.41) is 20.4. The summed E-state index contributed by atoms with van der Waals surface area (Å²) < 4.78 is 1.81. The van der Waals surface area contributed by atoms with Crippen LogP contribution in [0.5, 0.6) is 0 Å². The Bertz CT molecular complexity index is 1330. The van der Waals surface area contributed by atoms with Gasteiger partial charge in [0.05, 0.1) is 30.3 Å². The van der Waals surface area contributed by atoms with Gasteiger partial charge >= 0.3 is 5.97 Å². The monoisotopic (exact) mass is 544 g/mol. The first-order chi connectivity index (χ1) is 19.4. The van der Waals surface area contributed by atoms with Gasteiger partial charge in [0.15, 0.2) is 0 Å². The minimum Gasteiger partial charge on any atom is -0.481 e. The van der Waals surface area contributed by atoms with E-state index in [2.05, 4.69) is 32.8 Å². The fourth-order valence-corrected chi connectivity index (χ4v) is 6.05. The van der Waals surface area contributed by atoms with Crippen molar-refractivity contribution in [3.63, 3.8) is 0 Å². The fraction of sp³-hybridized carbons (Fsp3) is 0.484. The van der Waals surface area contributed by atoms with Crippen molar-refractivity contribution in [3.8, 4) is 11.3 Å². The molecule has 5 rings (SSSR count). The van der Waals surface area contributed by atoms with Crippen LogP contribution in [0, 0.1) is 12.8 Å². The Hall–Kier alpha value is -3.72. The molecule has 2 unspecified atom stereocenters. The Morgan fingerprint density at radius 3 is 2.90 bits per heavy atom. The molecule has 1 amide bonds. The standard InChI is InChI=1S/C31H40N6O3/c1-21-19-33-36(2)29(21)24-8-3-7-23(17-24)27(18-28(38)39)35-31(40)25-10-5-15-37(20-25)16-6-11-26-13-12-22-9-4-14-32-30(22)34-26/h3,7-8,12-13,17,19,25,27H,4-6,9-11,14-16,18,20H2,1-2H3,(H,32,34)(H,35,40)(H,38,39). The molecule has 0 saturated carbocycles. The summed E-state index contributed by atoms with van der Waals surface area (Å²) in [5.41, 5.74) is 6.17. The molecule has 0 spiro atoms. The second-order valence-corrected chi connectivity index (χ2v) is 11.2. The Morgan fingerprint density at radius 2 is 2.10 bits per heavy atom. The smallest absolute Gasteiger partial charge is 0.305 e. The van der Waals surface area contributed by atoms with Crippen molar-refractivity contribution in [1.29, 1.82) is 0 Å². The van der Waals surface area contributed by atoms with Gasteiger partial charge in [0.25, 0.3) is 0 Å². The molecule has 1 aromatic carbocycles. The number of carbonyl (C=O) groups is 2. The van der Waals surface area contributed by atoms with Crippen LogP contribution >= 0.6 is 0 Å². The number of aliphatic carboxylic acids is 1. The SMILES string of the molecule is Cc1cnn(C)c1-c1cccc(C(CC(=O)O)NC(=O)C2CCCN(CCCc3ccc4c(n3)NCCC4)C2)c1. The van der Waals surface area contributed by atoms with E-state index >= 15 is 0 Å². The summed E-state index contributed by atoms with van der Waals surface area (Å²) in [6.07, 6.45) is 7.57. The van der Waals surface area contributed by atoms with Crippen molar-refractivity contribution in [2.75, 3.05) is 31.5 Å². The third-order valence-electron chi connectivity index (χ3n) is 8.11. The summed E-state index contributed by atoms with van der Waals surface area (Å²) >= 11 is 0. The number of carboxylic acid groups (broad SMARTS) is 1. The van der Waals surface area contributed by atoms with E-state index in [-0.39, 0.29) is 18.2 Å². The quantitative estimate of drug-likeness (QED) is 0.352. The molecule has 0 radical (unpaired) electrons. The van der Waals surface area contributed by atoms with Crippen molar-refractivity contribution in [2.45, 2.75) is 57.9 Å². The second kappa shape index (κ2) is 12.6. The van der Waals surface area contributed by atoms with Crippen LogP contribution in [-0.2, 0) is 29.5 Å². The third-order valence-corrected chi connectivity index (χ3v) is 8.11. The molecule has 40 heavy (non-hydrogen) atoms. The number of likely N-dealkylation sites (tertiary alicyclic amines) is 1. The fourth-order valence-electron chi connectivity index (χ4n) is 6.05. The van der Waals surface area contributed by atoms with E-state index in [9.17, 15) is 14.7 Å². The maximum Gasteiger partial charge on any atom is 0.305 e. The van der Waals surface area contributed by atoms with Crippen molar-refractivity contribution >= 4 is 17.7 Å². The number of rotatable bonds is 10. The maximum absolute atomic E-state index is 13.4. The van der Waals surface area contributed by atoms with E-state index in [0.29, 0.717) is 6.54 Å². The van der Waals surface area contributed by atoms with Gasteiger partial charge in [-0.1, -0.05) is 24.3 Å². The number of aryl methyl sites for hydroxylation is 4. The highest BCUT2D eigenvalue weighted by atomic mass is 16.4. The van der Waals surface area contributed by atoms with Gasteiger partial charge in [-0.25, -0.2) is 4.98 Å². The van der Waals surface area contributed by atoms with E-state index in [1.165, 1.54) is 5.56 Å². The van der Waals surface area contributed by atoms with Gasteiger partial charge in [-0.2, -0.15) is 5.10 Å². The lowest BCUT2D eigenvalue weighted by atomic mass is 9.94. The van der Waals surface area contributed by atoms with Gasteiger partial charge in [-0.05, 0) is 87.4 Å². The molecule has 9 heteroatoms. The Balaban J connectivity index is 1.19. The van der Waals surface area contributed by atoms with Crippen molar-refractivity contribution in [2.24, 2.45) is 13.0 Å². The molecule has 0 bridgehead atoms. The Labute approximate surface area is 236 Å². The first kappa shape index (κ1) is 27.8. The summed E-state index contributed by atoms with van der Waals surface area (Å²) in [6, 6.07) is 11.5. The van der Waals surface area contributed by atoms with Crippen molar-refractivity contribution in [3.05, 3.63) is 65.0 Å². The predicted octanol–water partition coefficient (Wildman–Crippen LogP) is 4.13. The van der Waals surface area contributed by atoms with E-state index < -0.39 is 12.0 Å². The zero-order valence-corrected chi connectivity index (χ0v) is 23.5. The van der Waals surface area contributed by atoms with Crippen molar-refractivity contribution in [1.82, 2.24) is 25.0 Å². The number of aromatic nitrogens is 3. The van der Waals surface area contributed by atoms with Gasteiger partial charge in [0, 0.05) is 31.4 Å². The molecule has 2 atom stereocenters. The highest BCUT2D eigenvalue weighted by Crippen LogP contribution is 2.28. The number of piperidine rings is 1. The minimum atomic E-state index is -0.941. The number of fused-ring (bicyclic) bond motifs is 1. The number of anilines is 1. The first-order valence-corrected chi connectivity index (χ1v) is 14.4. The summed E-state index contributed by atoms with van der Waals surface area (Å²) in [5.74, 6) is -0.127.